The van der Waals surface area contributed by atoms with E-state index in [1.807, 2.05) is 0 Å². The Labute approximate surface area is 126 Å². The second-order valence-corrected chi connectivity index (χ2v) is 5.24. The van der Waals surface area contributed by atoms with Gasteiger partial charge in [0.25, 0.3) is 0 Å². The number of carbonyl (C=O) groups is 1. The van der Waals surface area contributed by atoms with E-state index in [4.69, 9.17) is 5.11 Å². The van der Waals surface area contributed by atoms with Crippen molar-refractivity contribution >= 4 is 5.97 Å². The topological polar surface area (TPSA) is 37.3 Å². The van der Waals surface area contributed by atoms with Gasteiger partial charge in [-0.1, -0.05) is 0 Å². The minimum atomic E-state index is -1.08. The largest absolute Gasteiger partial charge is 0.481 e. The van der Waals surface area contributed by atoms with Crippen molar-refractivity contribution in [2.75, 3.05) is 0 Å². The van der Waals surface area contributed by atoms with Crippen LogP contribution in [-0.4, -0.2) is 11.1 Å². The molecule has 116 valence electrons. The predicted molar refractivity (Wildman–Crippen MR) is 77.2 cm³/mol. The van der Waals surface area contributed by atoms with E-state index in [-0.39, 0.29) is 18.4 Å². The van der Waals surface area contributed by atoms with E-state index in [0.29, 0.717) is 22.3 Å². The van der Waals surface area contributed by atoms with Gasteiger partial charge in [0.2, 0.25) is 0 Å². The number of aliphatic carboxylic acids is 1. The maximum Gasteiger partial charge on any atom is 0.303 e. The lowest BCUT2D eigenvalue weighted by Crippen LogP contribution is -2.02. The molecule has 0 bridgehead atoms. The summed E-state index contributed by atoms with van der Waals surface area (Å²) in [5.41, 5.74) is 2.24. The zero-order valence-corrected chi connectivity index (χ0v) is 12.2. The Kier molecular flexibility index (Phi) is 4.54. The van der Waals surface area contributed by atoms with Crippen LogP contribution in [0, 0.1) is 31.3 Å². The third kappa shape index (κ3) is 3.30. The summed E-state index contributed by atoms with van der Waals surface area (Å²) < 4.78 is 40.9. The van der Waals surface area contributed by atoms with Crippen LogP contribution in [0.25, 0.3) is 11.1 Å². The first-order valence-electron chi connectivity index (χ1n) is 6.76. The van der Waals surface area contributed by atoms with Gasteiger partial charge in [-0.3, -0.25) is 4.79 Å². The highest BCUT2D eigenvalue weighted by molar-refractivity contribution is 5.72. The molecule has 0 amide bonds. The van der Waals surface area contributed by atoms with Crippen LogP contribution in [0.1, 0.15) is 23.1 Å². The van der Waals surface area contributed by atoms with Crippen molar-refractivity contribution in [1.29, 1.82) is 0 Å². The van der Waals surface area contributed by atoms with E-state index < -0.39 is 23.4 Å². The van der Waals surface area contributed by atoms with Crippen molar-refractivity contribution in [2.24, 2.45) is 0 Å². The first kappa shape index (κ1) is 16.1. The monoisotopic (exact) mass is 308 g/mol. The van der Waals surface area contributed by atoms with Crippen molar-refractivity contribution in [3.63, 3.8) is 0 Å². The second-order valence-electron chi connectivity index (χ2n) is 5.24. The molecule has 0 aliphatic rings. The van der Waals surface area contributed by atoms with Crippen LogP contribution in [0.15, 0.2) is 24.3 Å². The Morgan fingerprint density at radius 1 is 1.05 bits per heavy atom. The molecule has 0 saturated carbocycles. The molecule has 0 spiro atoms. The van der Waals surface area contributed by atoms with Crippen LogP contribution >= 0.6 is 0 Å². The lowest BCUT2D eigenvalue weighted by atomic mass is 9.93. The zero-order chi connectivity index (χ0) is 16.4. The van der Waals surface area contributed by atoms with E-state index >= 15 is 0 Å². The summed E-state index contributed by atoms with van der Waals surface area (Å²) in [5.74, 6) is -3.56. The Balaban J connectivity index is 2.55. The Hall–Kier alpha value is -2.30. The minimum absolute atomic E-state index is 0.000486. The van der Waals surface area contributed by atoms with Crippen molar-refractivity contribution < 1.29 is 23.1 Å². The summed E-state index contributed by atoms with van der Waals surface area (Å²) in [6.07, 6.45) is -0.396. The van der Waals surface area contributed by atoms with E-state index in [0.717, 1.165) is 6.07 Å². The molecule has 0 fully saturated rings. The molecule has 0 aliphatic heterocycles. The lowest BCUT2D eigenvalue weighted by molar-refractivity contribution is -0.136. The van der Waals surface area contributed by atoms with Gasteiger partial charge >= 0.3 is 5.97 Å². The molecule has 2 aromatic rings. The van der Waals surface area contributed by atoms with Gasteiger partial charge in [-0.05, 0) is 72.4 Å². The number of benzene rings is 2. The van der Waals surface area contributed by atoms with Gasteiger partial charge in [-0.15, -0.1) is 0 Å². The van der Waals surface area contributed by atoms with Gasteiger partial charge in [0.15, 0.2) is 11.6 Å². The highest BCUT2D eigenvalue weighted by Crippen LogP contribution is 2.31. The molecule has 5 heteroatoms. The number of aryl methyl sites for hydroxylation is 3. The van der Waals surface area contributed by atoms with Crippen molar-refractivity contribution in [3.8, 4) is 11.1 Å². The van der Waals surface area contributed by atoms with E-state index in [2.05, 4.69) is 0 Å². The van der Waals surface area contributed by atoms with E-state index in [1.165, 1.54) is 18.2 Å². The molecule has 0 unspecified atom stereocenters. The molecule has 0 saturated heterocycles. The average Bonchev–Trinajstić information content (AvgIpc) is 2.39. The highest BCUT2D eigenvalue weighted by Gasteiger charge is 2.15. The van der Waals surface area contributed by atoms with Crippen LogP contribution in [-0.2, 0) is 11.2 Å². The summed E-state index contributed by atoms with van der Waals surface area (Å²) >= 11 is 0. The fourth-order valence-corrected chi connectivity index (χ4v) is 2.58. The number of carboxylic acids is 1. The maximum absolute atomic E-state index is 13.8. The van der Waals surface area contributed by atoms with Crippen molar-refractivity contribution in [2.45, 2.75) is 26.7 Å². The first-order chi connectivity index (χ1) is 10.3. The third-order valence-electron chi connectivity index (χ3n) is 3.50. The molecule has 2 aromatic carbocycles. The average molecular weight is 308 g/mol. The van der Waals surface area contributed by atoms with Crippen LogP contribution in [0.2, 0.25) is 0 Å². The number of rotatable bonds is 4. The molecule has 2 nitrogen and oxygen atoms in total. The van der Waals surface area contributed by atoms with Crippen LogP contribution < -0.4 is 0 Å². The SMILES string of the molecule is Cc1cc(F)cc(C)c1-c1cc(F)c(F)c(CCC(=O)O)c1. The summed E-state index contributed by atoms with van der Waals surface area (Å²) in [6.45, 7) is 3.37. The molecular weight excluding hydrogens is 293 g/mol. The smallest absolute Gasteiger partial charge is 0.303 e. The van der Waals surface area contributed by atoms with Crippen molar-refractivity contribution in [1.82, 2.24) is 0 Å². The fraction of sp³-hybridized carbons (Fsp3) is 0.235. The minimum Gasteiger partial charge on any atom is -0.481 e. The maximum atomic E-state index is 13.8. The number of hydrogen-bond donors (Lipinski definition) is 1. The molecule has 0 aliphatic carbocycles. The van der Waals surface area contributed by atoms with Crippen molar-refractivity contribution in [3.05, 3.63) is 58.4 Å². The molecule has 0 atom stereocenters. The molecule has 0 heterocycles. The summed E-state index contributed by atoms with van der Waals surface area (Å²) in [6, 6.07) is 5.11. The summed E-state index contributed by atoms with van der Waals surface area (Å²) in [4.78, 5) is 10.6. The number of carboxylic acid groups (broad SMARTS) is 1. The van der Waals surface area contributed by atoms with Gasteiger partial charge < -0.3 is 5.11 Å². The normalized spacial score (nSPS) is 10.8. The molecule has 1 N–H and O–H groups in total. The number of halogens is 3. The summed E-state index contributed by atoms with van der Waals surface area (Å²) in [7, 11) is 0. The molecule has 22 heavy (non-hydrogen) atoms. The Morgan fingerprint density at radius 3 is 2.18 bits per heavy atom. The van der Waals surface area contributed by atoms with Crippen LogP contribution in [0.5, 0.6) is 0 Å². The predicted octanol–water partition coefficient (Wildman–Crippen LogP) is 4.40. The molecule has 0 radical (unpaired) electrons. The second kappa shape index (κ2) is 6.22. The fourth-order valence-electron chi connectivity index (χ4n) is 2.58. The Bertz CT molecular complexity index is 716. The van der Waals surface area contributed by atoms with Gasteiger partial charge in [-0.2, -0.15) is 0 Å². The van der Waals surface area contributed by atoms with E-state index in [1.54, 1.807) is 13.8 Å². The number of hydrogen-bond acceptors (Lipinski definition) is 1. The lowest BCUT2D eigenvalue weighted by Gasteiger charge is -2.13. The zero-order valence-electron chi connectivity index (χ0n) is 12.2. The summed E-state index contributed by atoms with van der Waals surface area (Å²) in [5, 5.41) is 8.68. The van der Waals surface area contributed by atoms with Gasteiger partial charge in [0.05, 0.1) is 0 Å². The van der Waals surface area contributed by atoms with Crippen LogP contribution in [0.4, 0.5) is 13.2 Å². The van der Waals surface area contributed by atoms with Gasteiger partial charge in [0.1, 0.15) is 5.82 Å². The van der Waals surface area contributed by atoms with Gasteiger partial charge in [-0.25, -0.2) is 13.2 Å². The quantitative estimate of drug-likeness (QED) is 0.908. The standard InChI is InChI=1S/C17H15F3O2/c1-9-5-13(18)6-10(2)16(9)12-7-11(3-4-15(21)22)17(20)14(19)8-12/h5-8H,3-4H2,1-2H3,(H,21,22). The van der Waals surface area contributed by atoms with E-state index in [9.17, 15) is 18.0 Å². The van der Waals surface area contributed by atoms with Crippen LogP contribution in [0.3, 0.4) is 0 Å². The third-order valence-corrected chi connectivity index (χ3v) is 3.50. The molecule has 2 rings (SSSR count). The van der Waals surface area contributed by atoms with Gasteiger partial charge in [0, 0.05) is 6.42 Å². The highest BCUT2D eigenvalue weighted by atomic mass is 19.2. The Morgan fingerprint density at radius 2 is 1.64 bits per heavy atom. The first-order valence-corrected chi connectivity index (χ1v) is 6.76. The molecule has 0 aromatic heterocycles. The molecular formula is C17H15F3O2.